The van der Waals surface area contributed by atoms with Gasteiger partial charge >= 0.3 is 0 Å². The molecule has 6 nitrogen and oxygen atoms in total. The number of anilines is 1. The van der Waals surface area contributed by atoms with E-state index in [4.69, 9.17) is 0 Å². The van der Waals surface area contributed by atoms with Crippen molar-refractivity contribution in [3.05, 3.63) is 51.9 Å². The summed E-state index contributed by atoms with van der Waals surface area (Å²) in [6, 6.07) is 6.66. The van der Waals surface area contributed by atoms with Crippen LogP contribution in [0.4, 0.5) is 5.69 Å². The van der Waals surface area contributed by atoms with E-state index in [9.17, 15) is 14.4 Å². The fourth-order valence-electron chi connectivity index (χ4n) is 2.39. The van der Waals surface area contributed by atoms with Gasteiger partial charge in [0, 0.05) is 29.9 Å². The number of nitrogens with zero attached hydrogens (tertiary/aromatic N) is 1. The lowest BCUT2D eigenvalue weighted by molar-refractivity contribution is -0.116. The van der Waals surface area contributed by atoms with Gasteiger partial charge in [0.15, 0.2) is 10.9 Å². The molecule has 23 heavy (non-hydrogen) atoms. The minimum atomic E-state index is -0.240. The van der Waals surface area contributed by atoms with Crippen LogP contribution >= 0.6 is 11.8 Å². The first-order chi connectivity index (χ1) is 11.1. The zero-order valence-electron chi connectivity index (χ0n) is 12.3. The third-order valence-corrected chi connectivity index (χ3v) is 4.43. The second-order valence-electron chi connectivity index (χ2n) is 5.22. The Labute approximate surface area is 136 Å². The number of carbonyl (C=O) groups is 2. The van der Waals surface area contributed by atoms with Crippen LogP contribution in [0, 0.1) is 0 Å². The van der Waals surface area contributed by atoms with Crippen molar-refractivity contribution >= 4 is 29.1 Å². The highest BCUT2D eigenvalue weighted by Gasteiger charge is 2.15. The Morgan fingerprint density at radius 3 is 2.91 bits per heavy atom. The molecule has 1 aromatic heterocycles. The molecule has 2 heterocycles. The van der Waals surface area contributed by atoms with Gasteiger partial charge in [-0.2, -0.15) is 0 Å². The Morgan fingerprint density at radius 2 is 2.09 bits per heavy atom. The van der Waals surface area contributed by atoms with E-state index in [0.29, 0.717) is 17.1 Å². The molecule has 1 aliphatic heterocycles. The molecule has 3 rings (SSSR count). The van der Waals surface area contributed by atoms with E-state index in [1.165, 1.54) is 24.0 Å². The predicted octanol–water partition coefficient (Wildman–Crippen LogP) is 2.02. The fourth-order valence-corrected chi connectivity index (χ4v) is 3.13. The summed E-state index contributed by atoms with van der Waals surface area (Å²) in [4.78, 5) is 41.6. The largest absolute Gasteiger partial charge is 0.326 e. The SMILES string of the molecule is O=C1CCCc2cc(C(=O)CSc3nccc(=O)[nH]3)ccc2N1. The Hall–Kier alpha value is -2.41. The standard InChI is InChI=1S/C16H15N3O3S/c20-13(9-23-16-17-7-6-15(22)19-16)11-4-5-12-10(8-11)2-1-3-14(21)18-12/h4-8H,1-3,9H2,(H,18,21)(H,17,19,22). The summed E-state index contributed by atoms with van der Waals surface area (Å²) < 4.78 is 0. The smallest absolute Gasteiger partial charge is 0.251 e. The summed E-state index contributed by atoms with van der Waals surface area (Å²) in [5.74, 6) is 0.162. The van der Waals surface area contributed by atoms with E-state index in [1.54, 1.807) is 12.1 Å². The van der Waals surface area contributed by atoms with Gasteiger partial charge in [0.05, 0.1) is 5.75 Å². The predicted molar refractivity (Wildman–Crippen MR) is 87.9 cm³/mol. The number of ketones is 1. The number of aromatic amines is 1. The molecule has 1 aliphatic rings. The van der Waals surface area contributed by atoms with Crippen molar-refractivity contribution in [2.75, 3.05) is 11.1 Å². The molecule has 0 aliphatic carbocycles. The van der Waals surface area contributed by atoms with Crippen molar-refractivity contribution in [2.45, 2.75) is 24.4 Å². The quantitative estimate of drug-likeness (QED) is 0.509. The van der Waals surface area contributed by atoms with E-state index >= 15 is 0 Å². The molecule has 2 N–H and O–H groups in total. The second-order valence-corrected chi connectivity index (χ2v) is 6.19. The van der Waals surface area contributed by atoms with E-state index in [1.807, 2.05) is 6.07 Å². The number of thioether (sulfide) groups is 1. The maximum atomic E-state index is 12.3. The van der Waals surface area contributed by atoms with Gasteiger partial charge in [0.25, 0.3) is 5.56 Å². The molecule has 1 amide bonds. The average Bonchev–Trinajstić information content (AvgIpc) is 2.72. The summed E-state index contributed by atoms with van der Waals surface area (Å²) in [6.45, 7) is 0. The van der Waals surface area contributed by atoms with Crippen molar-refractivity contribution in [1.82, 2.24) is 9.97 Å². The van der Waals surface area contributed by atoms with Crippen molar-refractivity contribution in [2.24, 2.45) is 0 Å². The number of carbonyl (C=O) groups excluding carboxylic acids is 2. The molecule has 0 bridgehead atoms. The Kier molecular flexibility index (Phi) is 4.57. The number of amides is 1. The lowest BCUT2D eigenvalue weighted by atomic mass is 10.0. The van der Waals surface area contributed by atoms with Crippen LogP contribution in [0.5, 0.6) is 0 Å². The molecule has 0 radical (unpaired) electrons. The van der Waals surface area contributed by atoms with Crippen LogP contribution in [-0.2, 0) is 11.2 Å². The van der Waals surface area contributed by atoms with Crippen molar-refractivity contribution in [3.63, 3.8) is 0 Å². The van der Waals surface area contributed by atoms with Gasteiger partial charge < -0.3 is 10.3 Å². The molecule has 0 spiro atoms. The lowest BCUT2D eigenvalue weighted by Gasteiger charge is -2.08. The van der Waals surface area contributed by atoms with Gasteiger partial charge in [-0.15, -0.1) is 0 Å². The summed E-state index contributed by atoms with van der Waals surface area (Å²) in [6.07, 6.45) is 3.47. The molecule has 0 fully saturated rings. The number of aryl methyl sites for hydroxylation is 1. The minimum Gasteiger partial charge on any atom is -0.326 e. The van der Waals surface area contributed by atoms with E-state index in [-0.39, 0.29) is 23.0 Å². The van der Waals surface area contributed by atoms with Crippen LogP contribution in [0.1, 0.15) is 28.8 Å². The Balaban J connectivity index is 1.71. The Bertz CT molecular complexity index is 816. The Morgan fingerprint density at radius 1 is 1.22 bits per heavy atom. The summed E-state index contributed by atoms with van der Waals surface area (Å²) in [5.41, 5.74) is 2.13. The molecular formula is C16H15N3O3S. The average molecular weight is 329 g/mol. The first-order valence-corrected chi connectivity index (χ1v) is 8.24. The molecule has 0 saturated carbocycles. The molecule has 0 unspecified atom stereocenters. The van der Waals surface area contributed by atoms with Gasteiger partial charge in [0.1, 0.15) is 0 Å². The molecule has 0 saturated heterocycles. The normalized spacial score (nSPS) is 13.8. The third-order valence-electron chi connectivity index (χ3n) is 3.54. The molecule has 118 valence electrons. The highest BCUT2D eigenvalue weighted by Crippen LogP contribution is 2.24. The number of benzene rings is 1. The third kappa shape index (κ3) is 3.87. The highest BCUT2D eigenvalue weighted by atomic mass is 32.2. The van der Waals surface area contributed by atoms with Crippen molar-refractivity contribution < 1.29 is 9.59 Å². The molecule has 2 aromatic rings. The number of rotatable bonds is 4. The van der Waals surface area contributed by atoms with E-state index < -0.39 is 0 Å². The summed E-state index contributed by atoms with van der Waals surface area (Å²) in [5, 5.41) is 3.27. The lowest BCUT2D eigenvalue weighted by Crippen LogP contribution is -2.10. The van der Waals surface area contributed by atoms with E-state index in [0.717, 1.165) is 24.1 Å². The highest BCUT2D eigenvalue weighted by molar-refractivity contribution is 7.99. The van der Waals surface area contributed by atoms with E-state index in [2.05, 4.69) is 15.3 Å². The number of aromatic nitrogens is 2. The first-order valence-electron chi connectivity index (χ1n) is 7.26. The maximum absolute atomic E-state index is 12.3. The topological polar surface area (TPSA) is 91.9 Å². The van der Waals surface area contributed by atoms with Gasteiger partial charge in [0.2, 0.25) is 5.91 Å². The van der Waals surface area contributed by atoms with Crippen molar-refractivity contribution in [3.8, 4) is 0 Å². The van der Waals surface area contributed by atoms with Gasteiger partial charge in [-0.05, 0) is 36.6 Å². The second kappa shape index (κ2) is 6.78. The molecular weight excluding hydrogens is 314 g/mol. The molecule has 7 heteroatoms. The number of H-pyrrole nitrogens is 1. The van der Waals surface area contributed by atoms with Gasteiger partial charge in [-0.1, -0.05) is 11.8 Å². The van der Waals surface area contributed by atoms with Crippen LogP contribution in [-0.4, -0.2) is 27.4 Å². The molecule has 1 aromatic carbocycles. The summed E-state index contributed by atoms with van der Waals surface area (Å²) in [7, 11) is 0. The molecule has 0 atom stereocenters. The first kappa shape index (κ1) is 15.5. The van der Waals surface area contributed by atoms with Crippen LogP contribution in [0.3, 0.4) is 0 Å². The van der Waals surface area contributed by atoms with Gasteiger partial charge in [-0.25, -0.2) is 4.98 Å². The number of hydrogen-bond donors (Lipinski definition) is 2. The zero-order valence-corrected chi connectivity index (χ0v) is 13.1. The monoisotopic (exact) mass is 329 g/mol. The van der Waals surface area contributed by atoms with Crippen LogP contribution < -0.4 is 10.9 Å². The van der Waals surface area contributed by atoms with Gasteiger partial charge in [-0.3, -0.25) is 14.4 Å². The number of Topliss-reactive ketones (excluding diaryl/α,β-unsaturated/α-hetero) is 1. The minimum absolute atomic E-state index is 0.0116. The summed E-state index contributed by atoms with van der Waals surface area (Å²) >= 11 is 1.19. The van der Waals surface area contributed by atoms with Crippen LogP contribution in [0.15, 0.2) is 40.4 Å². The number of fused-ring (bicyclic) bond motifs is 1. The maximum Gasteiger partial charge on any atom is 0.251 e. The zero-order chi connectivity index (χ0) is 16.2. The number of nitrogens with one attached hydrogen (secondary N) is 2. The van der Waals surface area contributed by atoms with Crippen LogP contribution in [0.2, 0.25) is 0 Å². The fraction of sp³-hybridized carbons (Fsp3) is 0.250. The number of hydrogen-bond acceptors (Lipinski definition) is 5. The van der Waals surface area contributed by atoms with Crippen molar-refractivity contribution in [1.29, 1.82) is 0 Å². The van der Waals surface area contributed by atoms with Crippen LogP contribution in [0.25, 0.3) is 0 Å².